The number of nitrogens with zero attached hydrogens (tertiary/aromatic N) is 3. The van der Waals surface area contributed by atoms with E-state index in [4.69, 9.17) is 5.26 Å². The fourth-order valence-electron chi connectivity index (χ4n) is 2.88. The molecule has 2 unspecified atom stereocenters. The SMILES string of the molecule is CN(C)C1CCN(Cc2cccc(C#N)c2)C(C(=O)O)C1. The first-order chi connectivity index (χ1) is 10.0. The molecule has 0 aliphatic carbocycles. The molecule has 1 aromatic carbocycles. The van der Waals surface area contributed by atoms with Gasteiger partial charge in [-0.1, -0.05) is 12.1 Å². The maximum atomic E-state index is 11.5. The molecule has 2 atom stereocenters. The maximum Gasteiger partial charge on any atom is 0.320 e. The second-order valence-corrected chi connectivity index (χ2v) is 5.78. The van der Waals surface area contributed by atoms with Crippen LogP contribution in [0.1, 0.15) is 24.0 Å². The highest BCUT2D eigenvalue weighted by Gasteiger charge is 2.34. The van der Waals surface area contributed by atoms with E-state index >= 15 is 0 Å². The van der Waals surface area contributed by atoms with Crippen LogP contribution in [0.3, 0.4) is 0 Å². The number of carboxylic acids is 1. The fourth-order valence-corrected chi connectivity index (χ4v) is 2.88. The third kappa shape index (κ3) is 3.81. The molecule has 1 fully saturated rings. The summed E-state index contributed by atoms with van der Waals surface area (Å²) in [5, 5.41) is 18.4. The molecule has 0 saturated carbocycles. The monoisotopic (exact) mass is 287 g/mol. The summed E-state index contributed by atoms with van der Waals surface area (Å²) < 4.78 is 0. The van der Waals surface area contributed by atoms with E-state index in [-0.39, 0.29) is 0 Å². The van der Waals surface area contributed by atoms with Crippen LogP contribution in [0.25, 0.3) is 0 Å². The van der Waals surface area contributed by atoms with Crippen molar-refractivity contribution in [2.75, 3.05) is 20.6 Å². The van der Waals surface area contributed by atoms with Gasteiger partial charge in [-0.3, -0.25) is 9.69 Å². The predicted molar refractivity (Wildman–Crippen MR) is 79.7 cm³/mol. The molecule has 5 nitrogen and oxygen atoms in total. The Kier molecular flexibility index (Phi) is 4.94. The molecule has 5 heteroatoms. The minimum absolute atomic E-state index is 0.313. The van der Waals surface area contributed by atoms with Gasteiger partial charge < -0.3 is 10.0 Å². The first-order valence-corrected chi connectivity index (χ1v) is 7.13. The lowest BCUT2D eigenvalue weighted by Crippen LogP contribution is -2.51. The van der Waals surface area contributed by atoms with Crippen LogP contribution in [-0.4, -0.2) is 53.6 Å². The molecule has 1 heterocycles. The normalized spacial score (nSPS) is 23.0. The molecule has 2 rings (SSSR count). The minimum Gasteiger partial charge on any atom is -0.480 e. The first-order valence-electron chi connectivity index (χ1n) is 7.13. The Bertz CT molecular complexity index is 551. The number of carboxylic acid groups (broad SMARTS) is 1. The van der Waals surface area contributed by atoms with Crippen molar-refractivity contribution in [1.82, 2.24) is 9.80 Å². The molecule has 1 aliphatic rings. The molecule has 0 radical (unpaired) electrons. The minimum atomic E-state index is -0.766. The molecule has 0 amide bonds. The number of likely N-dealkylation sites (tertiary alicyclic amines) is 1. The molecular formula is C16H21N3O2. The highest BCUT2D eigenvalue weighted by molar-refractivity contribution is 5.73. The Labute approximate surface area is 125 Å². The number of carbonyl (C=O) groups is 1. The average Bonchev–Trinajstić information content (AvgIpc) is 2.47. The molecule has 1 N–H and O–H groups in total. The van der Waals surface area contributed by atoms with Crippen molar-refractivity contribution in [3.05, 3.63) is 35.4 Å². The Balaban J connectivity index is 2.11. The van der Waals surface area contributed by atoms with Crippen LogP contribution in [0, 0.1) is 11.3 Å². The zero-order valence-corrected chi connectivity index (χ0v) is 12.5. The lowest BCUT2D eigenvalue weighted by molar-refractivity contribution is -0.145. The second kappa shape index (κ2) is 6.70. The van der Waals surface area contributed by atoms with Crippen LogP contribution in [0.4, 0.5) is 0 Å². The van der Waals surface area contributed by atoms with E-state index in [1.807, 2.05) is 37.2 Å². The van der Waals surface area contributed by atoms with Crippen molar-refractivity contribution in [2.24, 2.45) is 0 Å². The van der Waals surface area contributed by atoms with Gasteiger partial charge in [-0.05, 0) is 44.6 Å². The van der Waals surface area contributed by atoms with Gasteiger partial charge in [-0.2, -0.15) is 5.26 Å². The molecule has 0 spiro atoms. The van der Waals surface area contributed by atoms with Gasteiger partial charge in [0.2, 0.25) is 0 Å². The lowest BCUT2D eigenvalue weighted by Gasteiger charge is -2.39. The quantitative estimate of drug-likeness (QED) is 0.909. The van der Waals surface area contributed by atoms with Gasteiger partial charge in [0.25, 0.3) is 0 Å². The van der Waals surface area contributed by atoms with Crippen molar-refractivity contribution in [3.63, 3.8) is 0 Å². The Morgan fingerprint density at radius 3 is 2.90 bits per heavy atom. The summed E-state index contributed by atoms with van der Waals surface area (Å²) in [6.07, 6.45) is 1.61. The van der Waals surface area contributed by atoms with E-state index in [9.17, 15) is 9.90 Å². The molecule has 1 aliphatic heterocycles. The Morgan fingerprint density at radius 2 is 2.29 bits per heavy atom. The van der Waals surface area contributed by atoms with Gasteiger partial charge in [-0.25, -0.2) is 0 Å². The summed E-state index contributed by atoms with van der Waals surface area (Å²) in [5.74, 6) is -0.766. The first kappa shape index (κ1) is 15.5. The molecule has 0 aromatic heterocycles. The van der Waals surface area contributed by atoms with E-state index in [2.05, 4.69) is 11.0 Å². The zero-order chi connectivity index (χ0) is 15.4. The molecule has 1 aromatic rings. The van der Waals surface area contributed by atoms with Crippen molar-refractivity contribution in [2.45, 2.75) is 31.5 Å². The average molecular weight is 287 g/mol. The highest BCUT2D eigenvalue weighted by Crippen LogP contribution is 2.23. The van der Waals surface area contributed by atoms with Gasteiger partial charge in [0.05, 0.1) is 11.6 Å². The number of rotatable bonds is 4. The summed E-state index contributed by atoms with van der Waals surface area (Å²) in [6.45, 7) is 1.34. The summed E-state index contributed by atoms with van der Waals surface area (Å²) in [7, 11) is 3.99. The third-order valence-corrected chi connectivity index (χ3v) is 4.14. The number of benzene rings is 1. The highest BCUT2D eigenvalue weighted by atomic mass is 16.4. The molecule has 112 valence electrons. The number of hydrogen-bond donors (Lipinski definition) is 1. The predicted octanol–water partition coefficient (Wildman–Crippen LogP) is 1.54. The Morgan fingerprint density at radius 1 is 1.52 bits per heavy atom. The van der Waals surface area contributed by atoms with Crippen LogP contribution in [0.2, 0.25) is 0 Å². The van der Waals surface area contributed by atoms with Crippen molar-refractivity contribution < 1.29 is 9.90 Å². The van der Waals surface area contributed by atoms with E-state index in [1.165, 1.54) is 0 Å². The van der Waals surface area contributed by atoms with E-state index in [0.717, 1.165) is 18.5 Å². The van der Waals surface area contributed by atoms with Crippen LogP contribution >= 0.6 is 0 Å². The van der Waals surface area contributed by atoms with Gasteiger partial charge in [0.15, 0.2) is 0 Å². The zero-order valence-electron chi connectivity index (χ0n) is 12.5. The molecule has 21 heavy (non-hydrogen) atoms. The smallest absolute Gasteiger partial charge is 0.320 e. The number of hydrogen-bond acceptors (Lipinski definition) is 4. The second-order valence-electron chi connectivity index (χ2n) is 5.78. The van der Waals surface area contributed by atoms with E-state index < -0.39 is 12.0 Å². The Hall–Kier alpha value is -1.90. The molecule has 1 saturated heterocycles. The standard InChI is InChI=1S/C16H21N3O2/c1-18(2)14-6-7-19(15(9-14)16(20)21)11-13-5-3-4-12(8-13)10-17/h3-5,8,14-15H,6-7,9,11H2,1-2H3,(H,20,21). The van der Waals surface area contributed by atoms with Gasteiger partial charge >= 0.3 is 5.97 Å². The third-order valence-electron chi connectivity index (χ3n) is 4.14. The van der Waals surface area contributed by atoms with Crippen LogP contribution in [0.15, 0.2) is 24.3 Å². The van der Waals surface area contributed by atoms with E-state index in [0.29, 0.717) is 24.6 Å². The van der Waals surface area contributed by atoms with Crippen LogP contribution < -0.4 is 0 Å². The van der Waals surface area contributed by atoms with Crippen LogP contribution in [-0.2, 0) is 11.3 Å². The largest absolute Gasteiger partial charge is 0.480 e. The van der Waals surface area contributed by atoms with Crippen LogP contribution in [0.5, 0.6) is 0 Å². The summed E-state index contributed by atoms with van der Waals surface area (Å²) in [4.78, 5) is 15.6. The van der Waals surface area contributed by atoms with Crippen molar-refractivity contribution >= 4 is 5.97 Å². The van der Waals surface area contributed by atoms with Gasteiger partial charge in [-0.15, -0.1) is 0 Å². The topological polar surface area (TPSA) is 67.6 Å². The summed E-state index contributed by atoms with van der Waals surface area (Å²) in [6, 6.07) is 9.35. The number of aliphatic carboxylic acids is 1. The number of piperidine rings is 1. The lowest BCUT2D eigenvalue weighted by atomic mass is 9.95. The fraction of sp³-hybridized carbons (Fsp3) is 0.500. The van der Waals surface area contributed by atoms with Crippen molar-refractivity contribution in [3.8, 4) is 6.07 Å². The maximum absolute atomic E-state index is 11.5. The number of nitriles is 1. The van der Waals surface area contributed by atoms with Gasteiger partial charge in [0, 0.05) is 19.1 Å². The van der Waals surface area contributed by atoms with Gasteiger partial charge in [0.1, 0.15) is 6.04 Å². The summed E-state index contributed by atoms with van der Waals surface area (Å²) >= 11 is 0. The van der Waals surface area contributed by atoms with Crippen molar-refractivity contribution in [1.29, 1.82) is 5.26 Å². The van der Waals surface area contributed by atoms with E-state index in [1.54, 1.807) is 6.07 Å². The summed E-state index contributed by atoms with van der Waals surface area (Å²) in [5.41, 5.74) is 1.60. The molecular weight excluding hydrogens is 266 g/mol. The molecule has 0 bridgehead atoms.